The van der Waals surface area contributed by atoms with Crippen molar-refractivity contribution in [2.45, 2.75) is 6.92 Å². The van der Waals surface area contributed by atoms with E-state index in [0.29, 0.717) is 10.6 Å². The van der Waals surface area contributed by atoms with Gasteiger partial charge < -0.3 is 5.32 Å². The molecule has 0 spiro atoms. The van der Waals surface area contributed by atoms with Crippen LogP contribution in [0.2, 0.25) is 0 Å². The number of amides is 1. The molecule has 0 saturated heterocycles. The highest BCUT2D eigenvalue weighted by molar-refractivity contribution is 7.80. The molecule has 78 valence electrons. The average molecular weight is 224 g/mol. The van der Waals surface area contributed by atoms with Crippen LogP contribution in [-0.4, -0.2) is 15.8 Å². The van der Waals surface area contributed by atoms with Crippen LogP contribution in [0.1, 0.15) is 17.3 Å². The van der Waals surface area contributed by atoms with Crippen LogP contribution < -0.4 is 5.32 Å². The number of nitrogens with one attached hydrogen (secondary N) is 1. The van der Waals surface area contributed by atoms with Gasteiger partial charge >= 0.3 is 0 Å². The van der Waals surface area contributed by atoms with E-state index in [-0.39, 0.29) is 11.6 Å². The maximum atomic E-state index is 11.4. The smallest absolute Gasteiger partial charge is 0.269 e. The number of nitro benzene ring substituents is 1. The van der Waals surface area contributed by atoms with Crippen LogP contribution in [0.4, 0.5) is 5.69 Å². The molecule has 0 aliphatic rings. The van der Waals surface area contributed by atoms with E-state index in [9.17, 15) is 14.9 Å². The third kappa shape index (κ3) is 3.10. The molecule has 0 atom stereocenters. The predicted octanol–water partition coefficient (Wildman–Crippen LogP) is 1.67. The maximum Gasteiger partial charge on any atom is 0.269 e. The van der Waals surface area contributed by atoms with Gasteiger partial charge in [0.05, 0.1) is 9.91 Å². The number of nitro groups is 1. The fourth-order valence-electron chi connectivity index (χ4n) is 0.967. The molecule has 1 amide bonds. The highest BCUT2D eigenvalue weighted by Gasteiger charge is 2.08. The number of non-ortho nitro benzene ring substituents is 1. The summed E-state index contributed by atoms with van der Waals surface area (Å²) in [6.45, 7) is 1.58. The molecule has 0 aliphatic heterocycles. The van der Waals surface area contributed by atoms with Gasteiger partial charge in [-0.15, -0.1) is 0 Å². The fraction of sp³-hybridized carbons (Fsp3) is 0.111. The summed E-state index contributed by atoms with van der Waals surface area (Å²) in [6, 6.07) is 5.30. The molecule has 1 aromatic carbocycles. The Labute approximate surface area is 91.2 Å². The molecule has 0 bridgehead atoms. The first-order chi connectivity index (χ1) is 7.00. The number of hydrogen-bond acceptors (Lipinski definition) is 4. The molecule has 0 fully saturated rings. The third-order valence-electron chi connectivity index (χ3n) is 1.63. The lowest BCUT2D eigenvalue weighted by atomic mass is 10.2. The molecule has 0 heterocycles. The molecular formula is C9H8N2O3S. The number of carbonyl (C=O) groups excluding carboxylic acids is 1. The molecule has 0 aliphatic carbocycles. The van der Waals surface area contributed by atoms with Crippen LogP contribution in [0.5, 0.6) is 0 Å². The van der Waals surface area contributed by atoms with Crippen molar-refractivity contribution in [3.8, 4) is 0 Å². The van der Waals surface area contributed by atoms with Crippen LogP contribution in [0.15, 0.2) is 24.3 Å². The van der Waals surface area contributed by atoms with E-state index in [1.165, 1.54) is 24.3 Å². The molecule has 0 saturated carbocycles. The maximum absolute atomic E-state index is 11.4. The average Bonchev–Trinajstić information content (AvgIpc) is 2.17. The first-order valence-corrected chi connectivity index (χ1v) is 4.48. The molecule has 0 aromatic heterocycles. The Morgan fingerprint density at radius 3 is 2.33 bits per heavy atom. The lowest BCUT2D eigenvalue weighted by Crippen LogP contribution is -2.26. The highest BCUT2D eigenvalue weighted by atomic mass is 32.1. The largest absolute Gasteiger partial charge is 0.317 e. The second-order valence-electron chi connectivity index (χ2n) is 2.81. The SMILES string of the molecule is CC(=S)NC(=O)c1ccc([N+](=O)[O-])cc1. The molecule has 0 unspecified atom stereocenters. The first-order valence-electron chi connectivity index (χ1n) is 4.07. The van der Waals surface area contributed by atoms with Crippen molar-refractivity contribution in [2.75, 3.05) is 0 Å². The van der Waals surface area contributed by atoms with E-state index in [0.717, 1.165) is 0 Å². The number of thiocarbonyl (C=S) groups is 1. The van der Waals surface area contributed by atoms with Crippen molar-refractivity contribution < 1.29 is 9.72 Å². The van der Waals surface area contributed by atoms with Gasteiger partial charge in [-0.25, -0.2) is 0 Å². The summed E-state index contributed by atoms with van der Waals surface area (Å²) in [5.41, 5.74) is 0.287. The molecule has 1 rings (SSSR count). The Kier molecular flexibility index (Phi) is 3.46. The minimum absolute atomic E-state index is 0.0503. The number of carbonyl (C=O) groups is 1. The van der Waals surface area contributed by atoms with E-state index in [1.807, 2.05) is 0 Å². The zero-order valence-electron chi connectivity index (χ0n) is 7.89. The van der Waals surface area contributed by atoms with E-state index in [1.54, 1.807) is 6.92 Å². The lowest BCUT2D eigenvalue weighted by molar-refractivity contribution is -0.384. The Hall–Kier alpha value is -1.82. The topological polar surface area (TPSA) is 72.2 Å². The van der Waals surface area contributed by atoms with Crippen LogP contribution in [0, 0.1) is 10.1 Å². The first kappa shape index (κ1) is 11.3. The van der Waals surface area contributed by atoms with Gasteiger partial charge in [0.25, 0.3) is 11.6 Å². The molecule has 0 radical (unpaired) electrons. The van der Waals surface area contributed by atoms with Gasteiger partial charge in [0.2, 0.25) is 0 Å². The van der Waals surface area contributed by atoms with Crippen LogP contribution >= 0.6 is 12.2 Å². The fourth-order valence-corrected chi connectivity index (χ4v) is 1.06. The van der Waals surface area contributed by atoms with E-state index < -0.39 is 4.92 Å². The van der Waals surface area contributed by atoms with E-state index >= 15 is 0 Å². The van der Waals surface area contributed by atoms with Gasteiger partial charge in [-0.2, -0.15) is 0 Å². The summed E-state index contributed by atoms with van der Waals surface area (Å²) < 4.78 is 0. The van der Waals surface area contributed by atoms with Crippen LogP contribution in [0.25, 0.3) is 0 Å². The highest BCUT2D eigenvalue weighted by Crippen LogP contribution is 2.11. The Morgan fingerprint density at radius 2 is 1.93 bits per heavy atom. The molecule has 15 heavy (non-hydrogen) atoms. The van der Waals surface area contributed by atoms with Crippen molar-refractivity contribution in [3.63, 3.8) is 0 Å². The summed E-state index contributed by atoms with van der Waals surface area (Å²) >= 11 is 4.70. The number of rotatable bonds is 2. The van der Waals surface area contributed by atoms with Crippen LogP contribution in [-0.2, 0) is 0 Å². The second-order valence-corrected chi connectivity index (χ2v) is 3.43. The van der Waals surface area contributed by atoms with E-state index in [4.69, 9.17) is 12.2 Å². The number of hydrogen-bond donors (Lipinski definition) is 1. The Morgan fingerprint density at radius 1 is 1.40 bits per heavy atom. The Balaban J connectivity index is 2.84. The monoisotopic (exact) mass is 224 g/mol. The molecule has 1 N–H and O–H groups in total. The molecular weight excluding hydrogens is 216 g/mol. The van der Waals surface area contributed by atoms with Gasteiger partial charge in [0.15, 0.2) is 0 Å². The summed E-state index contributed by atoms with van der Waals surface area (Å²) in [4.78, 5) is 21.5. The molecule has 1 aromatic rings. The number of nitrogens with zero attached hydrogens (tertiary/aromatic N) is 1. The van der Waals surface area contributed by atoms with Crippen LogP contribution in [0.3, 0.4) is 0 Å². The summed E-state index contributed by atoms with van der Waals surface area (Å²) in [5.74, 6) is -0.364. The standard InChI is InChI=1S/C9H8N2O3S/c1-6(15)10-9(12)7-2-4-8(5-3-7)11(13)14/h2-5H,1H3,(H,10,12,15). The minimum atomic E-state index is -0.522. The third-order valence-corrected chi connectivity index (χ3v) is 1.73. The van der Waals surface area contributed by atoms with E-state index in [2.05, 4.69) is 5.32 Å². The number of benzene rings is 1. The van der Waals surface area contributed by atoms with Crippen molar-refractivity contribution in [2.24, 2.45) is 0 Å². The summed E-state index contributed by atoms with van der Waals surface area (Å²) in [5, 5.41) is 12.8. The zero-order chi connectivity index (χ0) is 11.4. The predicted molar refractivity (Wildman–Crippen MR) is 58.8 cm³/mol. The van der Waals surface area contributed by atoms with Gasteiger partial charge in [0, 0.05) is 17.7 Å². The van der Waals surface area contributed by atoms with Crippen molar-refractivity contribution in [1.29, 1.82) is 0 Å². The quantitative estimate of drug-likeness (QED) is 0.471. The van der Waals surface area contributed by atoms with Gasteiger partial charge in [0.1, 0.15) is 0 Å². The van der Waals surface area contributed by atoms with Crippen molar-refractivity contribution in [1.82, 2.24) is 5.32 Å². The summed E-state index contributed by atoms with van der Waals surface area (Å²) in [7, 11) is 0. The van der Waals surface area contributed by atoms with Crippen molar-refractivity contribution in [3.05, 3.63) is 39.9 Å². The lowest BCUT2D eigenvalue weighted by Gasteiger charge is -2.01. The summed E-state index contributed by atoms with van der Waals surface area (Å²) in [6.07, 6.45) is 0. The minimum Gasteiger partial charge on any atom is -0.317 e. The molecule has 6 heteroatoms. The van der Waals surface area contributed by atoms with Crippen molar-refractivity contribution >= 4 is 28.8 Å². The molecule has 5 nitrogen and oxygen atoms in total. The van der Waals surface area contributed by atoms with Gasteiger partial charge in [-0.1, -0.05) is 12.2 Å². The second kappa shape index (κ2) is 4.61. The zero-order valence-corrected chi connectivity index (χ0v) is 8.71. The normalized spacial score (nSPS) is 9.40. The van der Waals surface area contributed by atoms with Gasteiger partial charge in [-0.3, -0.25) is 14.9 Å². The van der Waals surface area contributed by atoms with Gasteiger partial charge in [-0.05, 0) is 19.1 Å². The Bertz CT molecular complexity index is 414.